The number of aromatic nitrogens is 1. The average molecular weight is 249 g/mol. The Morgan fingerprint density at radius 1 is 1.44 bits per heavy atom. The van der Waals surface area contributed by atoms with Crippen LogP contribution in [0, 0.1) is 0 Å². The van der Waals surface area contributed by atoms with Crippen LogP contribution < -0.4 is 16.8 Å². The maximum atomic E-state index is 11.4. The van der Waals surface area contributed by atoms with Crippen LogP contribution in [0.1, 0.15) is 19.4 Å². The number of hydrogen-bond donors (Lipinski definition) is 2. The standard InChI is InChI=1S/C13H19N3O2/c1-13(2,7-15-8-14)9-4-5-11-10(6-9)16(3)12(17)18-11/h4-6,15H,7-8,14H2,1-3H3. The summed E-state index contributed by atoms with van der Waals surface area (Å²) in [5.41, 5.74) is 7.99. The molecule has 0 spiro atoms. The summed E-state index contributed by atoms with van der Waals surface area (Å²) < 4.78 is 6.64. The van der Waals surface area contributed by atoms with E-state index in [2.05, 4.69) is 19.2 Å². The third-order valence-electron chi connectivity index (χ3n) is 3.28. The molecule has 0 saturated carbocycles. The molecular weight excluding hydrogens is 230 g/mol. The normalized spacial score (nSPS) is 12.2. The molecule has 18 heavy (non-hydrogen) atoms. The van der Waals surface area contributed by atoms with Gasteiger partial charge in [-0.15, -0.1) is 0 Å². The van der Waals surface area contributed by atoms with Crippen molar-refractivity contribution in [3.8, 4) is 0 Å². The van der Waals surface area contributed by atoms with Crippen molar-refractivity contribution < 1.29 is 4.42 Å². The molecule has 2 aromatic rings. The molecule has 0 atom stereocenters. The lowest BCUT2D eigenvalue weighted by atomic mass is 9.84. The fraction of sp³-hybridized carbons (Fsp3) is 0.462. The molecule has 0 saturated heterocycles. The van der Waals surface area contributed by atoms with Crippen molar-refractivity contribution in [2.45, 2.75) is 19.3 Å². The Hall–Kier alpha value is -1.59. The van der Waals surface area contributed by atoms with E-state index in [0.717, 1.165) is 17.6 Å². The Balaban J connectivity index is 2.46. The van der Waals surface area contributed by atoms with Crippen LogP contribution in [0.25, 0.3) is 11.1 Å². The molecule has 5 heteroatoms. The second kappa shape index (κ2) is 4.59. The molecular formula is C13H19N3O2. The molecule has 2 rings (SSSR count). The minimum absolute atomic E-state index is 0.0547. The quantitative estimate of drug-likeness (QED) is 0.790. The number of nitrogens with two attached hydrogens (primary N) is 1. The van der Waals surface area contributed by atoms with E-state index in [4.69, 9.17) is 10.2 Å². The average Bonchev–Trinajstić information content (AvgIpc) is 2.62. The minimum Gasteiger partial charge on any atom is -0.408 e. The summed E-state index contributed by atoms with van der Waals surface area (Å²) in [6.45, 7) is 5.50. The molecule has 0 fully saturated rings. The number of aryl methyl sites for hydroxylation is 1. The highest BCUT2D eigenvalue weighted by molar-refractivity contribution is 5.74. The number of rotatable bonds is 4. The minimum atomic E-state index is -0.333. The van der Waals surface area contributed by atoms with E-state index in [1.165, 1.54) is 4.57 Å². The highest BCUT2D eigenvalue weighted by Crippen LogP contribution is 2.25. The highest BCUT2D eigenvalue weighted by Gasteiger charge is 2.21. The van der Waals surface area contributed by atoms with Crippen molar-refractivity contribution in [3.05, 3.63) is 34.3 Å². The first-order chi connectivity index (χ1) is 8.45. The zero-order valence-electron chi connectivity index (χ0n) is 11.0. The number of nitrogens with zero attached hydrogens (tertiary/aromatic N) is 1. The van der Waals surface area contributed by atoms with Gasteiger partial charge in [0.05, 0.1) is 5.52 Å². The number of hydrogen-bond acceptors (Lipinski definition) is 4. The van der Waals surface area contributed by atoms with E-state index < -0.39 is 0 Å². The summed E-state index contributed by atoms with van der Waals surface area (Å²) in [5, 5.41) is 3.14. The first kappa shape index (κ1) is 12.9. The Morgan fingerprint density at radius 2 is 2.17 bits per heavy atom. The lowest BCUT2D eigenvalue weighted by Gasteiger charge is -2.25. The fourth-order valence-corrected chi connectivity index (χ4v) is 2.03. The van der Waals surface area contributed by atoms with E-state index in [9.17, 15) is 4.79 Å². The van der Waals surface area contributed by atoms with E-state index in [0.29, 0.717) is 12.3 Å². The van der Waals surface area contributed by atoms with Gasteiger partial charge in [0, 0.05) is 25.7 Å². The van der Waals surface area contributed by atoms with Crippen molar-refractivity contribution in [2.75, 3.05) is 13.2 Å². The number of fused-ring (bicyclic) bond motifs is 1. The van der Waals surface area contributed by atoms with E-state index in [1.54, 1.807) is 7.05 Å². The van der Waals surface area contributed by atoms with Gasteiger partial charge in [0.15, 0.2) is 5.58 Å². The van der Waals surface area contributed by atoms with Gasteiger partial charge in [-0.3, -0.25) is 4.57 Å². The van der Waals surface area contributed by atoms with Crippen LogP contribution in [0.2, 0.25) is 0 Å². The van der Waals surface area contributed by atoms with Crippen LogP contribution in [-0.4, -0.2) is 17.8 Å². The SMILES string of the molecule is Cn1c(=O)oc2ccc(C(C)(C)CNCN)cc21. The number of oxazole rings is 1. The zero-order valence-corrected chi connectivity index (χ0v) is 11.0. The predicted molar refractivity (Wildman–Crippen MR) is 71.5 cm³/mol. The van der Waals surface area contributed by atoms with Gasteiger partial charge in [0.1, 0.15) is 0 Å². The molecule has 0 aliphatic carbocycles. The lowest BCUT2D eigenvalue weighted by Crippen LogP contribution is -2.35. The van der Waals surface area contributed by atoms with Gasteiger partial charge in [0.2, 0.25) is 0 Å². The van der Waals surface area contributed by atoms with Crippen molar-refractivity contribution in [2.24, 2.45) is 12.8 Å². The molecule has 98 valence electrons. The fourth-order valence-electron chi connectivity index (χ4n) is 2.03. The molecule has 1 aromatic heterocycles. The molecule has 0 bridgehead atoms. The molecule has 1 heterocycles. The smallest absolute Gasteiger partial charge is 0.408 e. The van der Waals surface area contributed by atoms with Crippen molar-refractivity contribution >= 4 is 11.1 Å². The van der Waals surface area contributed by atoms with Gasteiger partial charge in [-0.05, 0) is 17.7 Å². The summed E-state index contributed by atoms with van der Waals surface area (Å²) in [5.74, 6) is -0.333. The molecule has 0 aliphatic rings. The second-order valence-corrected chi connectivity index (χ2v) is 5.12. The maximum absolute atomic E-state index is 11.4. The number of benzene rings is 1. The summed E-state index contributed by atoms with van der Waals surface area (Å²) in [7, 11) is 1.71. The predicted octanol–water partition coefficient (Wildman–Crippen LogP) is 0.915. The first-order valence-corrected chi connectivity index (χ1v) is 5.96. The Kier molecular flexibility index (Phi) is 3.28. The molecule has 3 N–H and O–H groups in total. The van der Waals surface area contributed by atoms with Crippen LogP contribution in [0.4, 0.5) is 0 Å². The van der Waals surface area contributed by atoms with Gasteiger partial charge < -0.3 is 15.5 Å². The van der Waals surface area contributed by atoms with Gasteiger partial charge in [0.25, 0.3) is 0 Å². The summed E-state index contributed by atoms with van der Waals surface area (Å²) >= 11 is 0. The first-order valence-electron chi connectivity index (χ1n) is 5.96. The van der Waals surface area contributed by atoms with Gasteiger partial charge in [-0.25, -0.2) is 4.79 Å². The van der Waals surface area contributed by atoms with Crippen LogP contribution in [0.15, 0.2) is 27.4 Å². The van der Waals surface area contributed by atoms with Crippen LogP contribution >= 0.6 is 0 Å². The summed E-state index contributed by atoms with van der Waals surface area (Å²) in [6, 6.07) is 5.83. The van der Waals surface area contributed by atoms with E-state index >= 15 is 0 Å². The zero-order chi connectivity index (χ0) is 13.3. The topological polar surface area (TPSA) is 73.2 Å². The molecule has 0 unspecified atom stereocenters. The molecule has 5 nitrogen and oxygen atoms in total. The van der Waals surface area contributed by atoms with Crippen molar-refractivity contribution in [3.63, 3.8) is 0 Å². The Morgan fingerprint density at radius 3 is 2.83 bits per heavy atom. The third kappa shape index (κ3) is 2.19. The highest BCUT2D eigenvalue weighted by atomic mass is 16.4. The Bertz CT molecular complexity index is 610. The third-order valence-corrected chi connectivity index (χ3v) is 3.28. The summed E-state index contributed by atoms with van der Waals surface area (Å²) in [4.78, 5) is 11.4. The molecule has 0 amide bonds. The largest absolute Gasteiger partial charge is 0.419 e. The van der Waals surface area contributed by atoms with Gasteiger partial charge >= 0.3 is 5.76 Å². The number of nitrogens with one attached hydrogen (secondary N) is 1. The second-order valence-electron chi connectivity index (χ2n) is 5.12. The summed E-state index contributed by atoms with van der Waals surface area (Å²) in [6.07, 6.45) is 0. The lowest BCUT2D eigenvalue weighted by molar-refractivity contribution is 0.474. The van der Waals surface area contributed by atoms with Gasteiger partial charge in [-0.2, -0.15) is 0 Å². The van der Waals surface area contributed by atoms with Crippen molar-refractivity contribution in [1.82, 2.24) is 9.88 Å². The van der Waals surface area contributed by atoms with E-state index in [1.807, 2.05) is 18.2 Å². The van der Waals surface area contributed by atoms with Crippen LogP contribution in [-0.2, 0) is 12.5 Å². The molecule has 1 aromatic carbocycles. The van der Waals surface area contributed by atoms with Crippen LogP contribution in [0.5, 0.6) is 0 Å². The van der Waals surface area contributed by atoms with Crippen LogP contribution in [0.3, 0.4) is 0 Å². The van der Waals surface area contributed by atoms with Crippen molar-refractivity contribution in [1.29, 1.82) is 0 Å². The maximum Gasteiger partial charge on any atom is 0.419 e. The monoisotopic (exact) mass is 249 g/mol. The van der Waals surface area contributed by atoms with Gasteiger partial charge in [-0.1, -0.05) is 19.9 Å². The Labute approximate surface area is 106 Å². The molecule has 0 radical (unpaired) electrons. The molecule has 0 aliphatic heterocycles. The van der Waals surface area contributed by atoms with E-state index in [-0.39, 0.29) is 11.2 Å².